The Morgan fingerprint density at radius 1 is 1.10 bits per heavy atom. The van der Waals surface area contributed by atoms with Crippen LogP contribution in [0.5, 0.6) is 5.75 Å². The van der Waals surface area contributed by atoms with Crippen molar-refractivity contribution in [2.45, 2.75) is 4.90 Å². The first-order chi connectivity index (χ1) is 15.0. The van der Waals surface area contributed by atoms with Crippen molar-refractivity contribution in [3.05, 3.63) is 89.8 Å². The Kier molecular flexibility index (Phi) is 5.92. The molecular formula is C21H15N3O5S2. The highest BCUT2D eigenvalue weighted by Crippen LogP contribution is 2.21. The number of hydrogen-bond acceptors (Lipinski definition) is 8. The lowest BCUT2D eigenvalue weighted by molar-refractivity contribution is 0.0701. The number of sulfonamides is 1. The fourth-order valence-electron chi connectivity index (χ4n) is 2.48. The van der Waals surface area contributed by atoms with Crippen LogP contribution in [0.25, 0.3) is 0 Å². The Labute approximate surface area is 181 Å². The molecule has 0 fully saturated rings. The maximum atomic E-state index is 12.3. The zero-order valence-corrected chi connectivity index (χ0v) is 17.5. The van der Waals surface area contributed by atoms with E-state index in [1.54, 1.807) is 54.1 Å². The van der Waals surface area contributed by atoms with Crippen LogP contribution < -0.4 is 9.46 Å². The largest absolute Gasteiger partial charge is 0.457 e. The average Bonchev–Trinajstić information content (AvgIpc) is 3.48. The first-order valence-electron chi connectivity index (χ1n) is 8.92. The molecule has 1 N–H and O–H groups in total. The normalized spacial score (nSPS) is 11.5. The highest BCUT2D eigenvalue weighted by Gasteiger charge is 2.15. The predicted octanol–water partition coefficient (Wildman–Crippen LogP) is 4.51. The van der Waals surface area contributed by atoms with Crippen molar-refractivity contribution in [2.24, 2.45) is 4.99 Å². The Hall–Kier alpha value is -3.76. The number of rotatable bonds is 7. The van der Waals surface area contributed by atoms with Crippen molar-refractivity contribution in [1.29, 1.82) is 0 Å². The molecule has 0 saturated heterocycles. The number of aliphatic imine (C=N–C) groups is 1. The van der Waals surface area contributed by atoms with Gasteiger partial charge in [0.15, 0.2) is 5.13 Å². The van der Waals surface area contributed by atoms with Gasteiger partial charge in [0.25, 0.3) is 10.0 Å². The fourth-order valence-corrected chi connectivity index (χ4v) is 4.27. The zero-order valence-electron chi connectivity index (χ0n) is 15.8. The molecule has 8 nitrogen and oxygen atoms in total. The summed E-state index contributed by atoms with van der Waals surface area (Å²) in [5.74, 6) is -0.0791. The maximum absolute atomic E-state index is 12.3. The molecule has 2 aromatic carbocycles. The molecule has 156 valence electrons. The molecule has 10 heteroatoms. The number of nitrogens with zero attached hydrogens (tertiary/aromatic N) is 2. The van der Waals surface area contributed by atoms with Gasteiger partial charge >= 0.3 is 5.97 Å². The first kappa shape index (κ1) is 20.5. The molecule has 0 saturated carbocycles. The summed E-state index contributed by atoms with van der Waals surface area (Å²) in [6.07, 6.45) is 4.54. The van der Waals surface area contributed by atoms with E-state index in [9.17, 15) is 13.2 Å². The summed E-state index contributed by atoms with van der Waals surface area (Å²) in [6.45, 7) is 0. The van der Waals surface area contributed by atoms with Crippen molar-refractivity contribution < 1.29 is 22.4 Å². The van der Waals surface area contributed by atoms with Gasteiger partial charge in [-0.2, -0.15) is 0 Å². The molecule has 0 aliphatic heterocycles. The van der Waals surface area contributed by atoms with Gasteiger partial charge in [-0.3, -0.25) is 9.71 Å². The van der Waals surface area contributed by atoms with Crippen LogP contribution in [0.1, 0.15) is 16.1 Å². The fraction of sp³-hybridized carbons (Fsp3) is 0. The van der Waals surface area contributed by atoms with Crippen molar-refractivity contribution >= 4 is 44.4 Å². The number of furan rings is 1. The van der Waals surface area contributed by atoms with Gasteiger partial charge in [-0.15, -0.1) is 11.3 Å². The third-order valence-corrected chi connectivity index (χ3v) is 6.15. The standard InChI is InChI=1S/C21H15N3O5S2/c25-20(19-2-1-12-28-19)29-17-7-3-15(4-8-17)14-23-16-5-9-18(10-6-16)31(26,27)24-21-22-11-13-30-21/h1-14H,(H,22,24). The summed E-state index contributed by atoms with van der Waals surface area (Å²) in [5, 5.41) is 1.99. The second-order valence-corrected chi connectivity index (χ2v) is 8.71. The molecule has 0 radical (unpaired) electrons. The van der Waals surface area contributed by atoms with E-state index in [1.165, 1.54) is 42.0 Å². The summed E-state index contributed by atoms with van der Waals surface area (Å²) >= 11 is 1.20. The number of nitrogens with one attached hydrogen (secondary N) is 1. The lowest BCUT2D eigenvalue weighted by Gasteiger charge is -2.05. The van der Waals surface area contributed by atoms with E-state index in [1.807, 2.05) is 0 Å². The van der Waals surface area contributed by atoms with Gasteiger partial charge in [0.05, 0.1) is 16.8 Å². The minimum absolute atomic E-state index is 0.115. The van der Waals surface area contributed by atoms with Gasteiger partial charge in [-0.1, -0.05) is 0 Å². The van der Waals surface area contributed by atoms with Gasteiger partial charge in [0.1, 0.15) is 5.75 Å². The van der Waals surface area contributed by atoms with E-state index < -0.39 is 16.0 Å². The number of thiazole rings is 1. The molecule has 0 aliphatic rings. The Morgan fingerprint density at radius 3 is 2.52 bits per heavy atom. The lowest BCUT2D eigenvalue weighted by Crippen LogP contribution is -2.12. The number of hydrogen-bond donors (Lipinski definition) is 1. The average molecular weight is 454 g/mol. The maximum Gasteiger partial charge on any atom is 0.379 e. The third-order valence-electron chi connectivity index (χ3n) is 3.98. The SMILES string of the molecule is O=C(Oc1ccc(C=Nc2ccc(S(=O)(=O)Nc3nccs3)cc2)cc1)c1ccco1. The van der Waals surface area contributed by atoms with Crippen LogP contribution >= 0.6 is 11.3 Å². The molecule has 0 amide bonds. The summed E-state index contributed by atoms with van der Waals surface area (Å²) < 4.78 is 37.3. The summed E-state index contributed by atoms with van der Waals surface area (Å²) in [5.41, 5.74) is 1.36. The highest BCUT2D eigenvalue weighted by molar-refractivity contribution is 7.93. The van der Waals surface area contributed by atoms with Crippen molar-refractivity contribution in [3.63, 3.8) is 0 Å². The van der Waals surface area contributed by atoms with Crippen LogP contribution in [-0.2, 0) is 10.0 Å². The summed E-state index contributed by atoms with van der Waals surface area (Å²) in [7, 11) is -3.70. The number of carbonyl (C=O) groups is 1. The Balaban J connectivity index is 1.38. The third kappa shape index (κ3) is 5.24. The molecular weight excluding hydrogens is 438 g/mol. The van der Waals surface area contributed by atoms with Gasteiger partial charge in [0, 0.05) is 17.8 Å². The molecule has 4 rings (SSSR count). The molecule has 0 spiro atoms. The number of ether oxygens (including phenoxy) is 1. The molecule has 2 heterocycles. The number of carbonyl (C=O) groups excluding carboxylic acids is 1. The van der Waals surface area contributed by atoms with E-state index in [0.717, 1.165) is 5.56 Å². The number of aromatic nitrogens is 1. The van der Waals surface area contributed by atoms with E-state index >= 15 is 0 Å². The molecule has 0 bridgehead atoms. The summed E-state index contributed by atoms with van der Waals surface area (Å²) in [6, 6.07) is 16.0. The molecule has 31 heavy (non-hydrogen) atoms. The van der Waals surface area contributed by atoms with Crippen LogP contribution in [-0.4, -0.2) is 25.6 Å². The highest BCUT2D eigenvalue weighted by atomic mass is 32.2. The molecule has 0 unspecified atom stereocenters. The van der Waals surface area contributed by atoms with Crippen LogP contribution in [0.3, 0.4) is 0 Å². The lowest BCUT2D eigenvalue weighted by atomic mass is 10.2. The molecule has 0 atom stereocenters. The van der Waals surface area contributed by atoms with Gasteiger partial charge in [-0.25, -0.2) is 18.2 Å². The van der Waals surface area contributed by atoms with E-state index in [2.05, 4.69) is 14.7 Å². The van der Waals surface area contributed by atoms with Crippen molar-refractivity contribution in [2.75, 3.05) is 4.72 Å². The topological polar surface area (TPSA) is 111 Å². The molecule has 4 aromatic rings. The van der Waals surface area contributed by atoms with E-state index in [-0.39, 0.29) is 10.7 Å². The first-order valence-corrected chi connectivity index (χ1v) is 11.3. The van der Waals surface area contributed by atoms with Crippen LogP contribution in [0, 0.1) is 0 Å². The van der Waals surface area contributed by atoms with Crippen molar-refractivity contribution in [3.8, 4) is 5.75 Å². The predicted molar refractivity (Wildman–Crippen MR) is 117 cm³/mol. The van der Waals surface area contributed by atoms with Gasteiger partial charge < -0.3 is 9.15 Å². The number of esters is 1. The zero-order chi connectivity index (χ0) is 21.7. The molecule has 2 aromatic heterocycles. The summed E-state index contributed by atoms with van der Waals surface area (Å²) in [4.78, 5) is 20.2. The van der Waals surface area contributed by atoms with Crippen LogP contribution in [0.2, 0.25) is 0 Å². The van der Waals surface area contributed by atoms with Crippen LogP contribution in [0.15, 0.2) is 92.8 Å². The molecule has 0 aliphatic carbocycles. The minimum atomic E-state index is -3.70. The second-order valence-electron chi connectivity index (χ2n) is 6.13. The Bertz CT molecular complexity index is 1280. The van der Waals surface area contributed by atoms with Gasteiger partial charge in [0.2, 0.25) is 5.76 Å². The quantitative estimate of drug-likeness (QED) is 0.250. The van der Waals surface area contributed by atoms with Crippen LogP contribution in [0.4, 0.5) is 10.8 Å². The van der Waals surface area contributed by atoms with Gasteiger partial charge in [-0.05, 0) is 66.2 Å². The monoisotopic (exact) mass is 453 g/mol. The number of anilines is 1. The van der Waals surface area contributed by atoms with E-state index in [0.29, 0.717) is 16.6 Å². The minimum Gasteiger partial charge on any atom is -0.457 e. The van der Waals surface area contributed by atoms with Crippen molar-refractivity contribution in [1.82, 2.24) is 4.98 Å². The number of benzene rings is 2. The van der Waals surface area contributed by atoms with E-state index in [4.69, 9.17) is 9.15 Å². The second kappa shape index (κ2) is 8.94. The smallest absolute Gasteiger partial charge is 0.379 e. The Morgan fingerprint density at radius 2 is 1.87 bits per heavy atom.